The molecule has 0 radical (unpaired) electrons. The zero-order valence-corrected chi connectivity index (χ0v) is 16.8. The second-order valence-corrected chi connectivity index (χ2v) is 9.05. The summed E-state index contributed by atoms with van der Waals surface area (Å²) in [5.74, 6) is -0.238. The van der Waals surface area contributed by atoms with Gasteiger partial charge in [-0.15, -0.1) is 0 Å². The maximum Gasteiger partial charge on any atom is 0.231 e. The summed E-state index contributed by atoms with van der Waals surface area (Å²) in [5, 5.41) is 5.39. The van der Waals surface area contributed by atoms with Gasteiger partial charge < -0.3 is 4.90 Å². The first-order valence-corrected chi connectivity index (χ1v) is 11.0. The van der Waals surface area contributed by atoms with Gasteiger partial charge in [-0.05, 0) is 48.9 Å². The van der Waals surface area contributed by atoms with Gasteiger partial charge >= 0.3 is 0 Å². The summed E-state index contributed by atoms with van der Waals surface area (Å²) in [5.41, 5.74) is 3.53. The van der Waals surface area contributed by atoms with Crippen LogP contribution >= 0.6 is 0 Å². The molecule has 0 spiro atoms. The topological polar surface area (TPSA) is 72.3 Å². The van der Waals surface area contributed by atoms with Crippen molar-refractivity contribution in [1.29, 1.82) is 0 Å². The molecule has 0 N–H and O–H groups in total. The van der Waals surface area contributed by atoms with Crippen molar-refractivity contribution in [2.75, 3.05) is 10.7 Å². The minimum Gasteiger partial charge on any atom is -0.304 e. The second-order valence-electron chi connectivity index (χ2n) is 7.12. The van der Waals surface area contributed by atoms with Gasteiger partial charge in [0.05, 0.1) is 23.9 Å². The predicted octanol–water partition coefficient (Wildman–Crippen LogP) is 3.07. The molecule has 0 bridgehead atoms. The van der Waals surface area contributed by atoms with Gasteiger partial charge in [-0.25, -0.2) is 13.1 Å². The second kappa shape index (κ2) is 7.67. The molecule has 0 saturated heterocycles. The molecule has 3 aromatic rings. The monoisotopic (exact) mass is 407 g/mol. The molecule has 1 atom stereocenters. The maximum absolute atomic E-state index is 13.2. The fourth-order valence-electron chi connectivity index (χ4n) is 3.39. The van der Waals surface area contributed by atoms with Gasteiger partial charge in [0.15, 0.2) is 9.84 Å². The highest BCUT2D eigenvalue weighted by atomic mass is 32.2. The van der Waals surface area contributed by atoms with Gasteiger partial charge in [0.25, 0.3) is 0 Å². The van der Waals surface area contributed by atoms with E-state index in [9.17, 15) is 13.2 Å². The minimum atomic E-state index is -3.28. The molecule has 2 heterocycles. The van der Waals surface area contributed by atoms with E-state index in [-0.39, 0.29) is 18.1 Å². The lowest BCUT2D eigenvalue weighted by Gasteiger charge is -2.28. The standard InChI is InChI=1S/C22H21N3O3S/c1-17-3-7-20(8-4-17)25(21-11-14-29(27,28)16-21)22(26)15-18-5-9-19(10-6-18)24-13-2-12-23-24/h2-14,21H,15-16H2,1H3. The van der Waals surface area contributed by atoms with Gasteiger partial charge in [0.2, 0.25) is 5.91 Å². The zero-order valence-electron chi connectivity index (χ0n) is 16.0. The van der Waals surface area contributed by atoms with Crippen molar-refractivity contribution >= 4 is 21.4 Å². The van der Waals surface area contributed by atoms with Crippen LogP contribution in [0.25, 0.3) is 5.69 Å². The van der Waals surface area contributed by atoms with Crippen molar-refractivity contribution in [3.05, 3.63) is 89.6 Å². The van der Waals surface area contributed by atoms with Crippen molar-refractivity contribution in [2.24, 2.45) is 0 Å². The molecule has 1 aromatic heterocycles. The lowest BCUT2D eigenvalue weighted by atomic mass is 10.1. The van der Waals surface area contributed by atoms with E-state index in [1.54, 1.807) is 21.9 Å². The van der Waals surface area contributed by atoms with Crippen LogP contribution in [0.15, 0.2) is 78.5 Å². The van der Waals surface area contributed by atoms with Crippen molar-refractivity contribution in [1.82, 2.24) is 9.78 Å². The largest absolute Gasteiger partial charge is 0.304 e. The minimum absolute atomic E-state index is 0.0924. The van der Waals surface area contributed by atoms with Gasteiger partial charge in [-0.2, -0.15) is 5.10 Å². The van der Waals surface area contributed by atoms with Crippen molar-refractivity contribution in [3.8, 4) is 5.69 Å². The van der Waals surface area contributed by atoms with Crippen LogP contribution < -0.4 is 4.90 Å². The molecular weight excluding hydrogens is 386 g/mol. The lowest BCUT2D eigenvalue weighted by molar-refractivity contribution is -0.118. The Kier molecular flexibility index (Phi) is 5.07. The predicted molar refractivity (Wildman–Crippen MR) is 113 cm³/mol. The Labute approximate surface area is 170 Å². The number of carbonyl (C=O) groups is 1. The van der Waals surface area contributed by atoms with Crippen molar-refractivity contribution in [3.63, 3.8) is 0 Å². The smallest absolute Gasteiger partial charge is 0.231 e. The Morgan fingerprint density at radius 1 is 1.14 bits per heavy atom. The summed E-state index contributed by atoms with van der Waals surface area (Å²) in [6.07, 6.45) is 5.33. The Hall–Kier alpha value is -3.19. The Balaban J connectivity index is 1.58. The molecule has 0 aliphatic carbocycles. The zero-order chi connectivity index (χ0) is 20.4. The number of anilines is 1. The average molecular weight is 407 g/mol. The van der Waals surface area contributed by atoms with E-state index < -0.39 is 15.9 Å². The highest BCUT2D eigenvalue weighted by Crippen LogP contribution is 2.24. The first-order chi connectivity index (χ1) is 13.9. The van der Waals surface area contributed by atoms with Crippen LogP contribution in [0, 0.1) is 6.92 Å². The van der Waals surface area contributed by atoms with Crippen LogP contribution in [0.2, 0.25) is 0 Å². The van der Waals surface area contributed by atoms with Crippen LogP contribution in [-0.4, -0.2) is 35.9 Å². The van der Waals surface area contributed by atoms with Gasteiger partial charge in [0, 0.05) is 23.5 Å². The molecule has 7 heteroatoms. The SMILES string of the molecule is Cc1ccc(N(C(=O)Cc2ccc(-n3cccn3)cc2)C2C=CS(=O)(=O)C2)cc1. The number of aromatic nitrogens is 2. The molecule has 2 aromatic carbocycles. The van der Waals surface area contributed by atoms with E-state index in [1.807, 2.05) is 67.7 Å². The van der Waals surface area contributed by atoms with Crippen LogP contribution in [0.3, 0.4) is 0 Å². The number of benzene rings is 2. The van der Waals surface area contributed by atoms with Crippen LogP contribution in [-0.2, 0) is 21.1 Å². The van der Waals surface area contributed by atoms with Crippen LogP contribution in [0.1, 0.15) is 11.1 Å². The molecule has 29 heavy (non-hydrogen) atoms. The first-order valence-electron chi connectivity index (χ1n) is 9.30. The third-order valence-electron chi connectivity index (χ3n) is 4.88. The van der Waals surface area contributed by atoms with E-state index in [0.717, 1.165) is 16.8 Å². The molecular formula is C22H21N3O3S. The van der Waals surface area contributed by atoms with Gasteiger partial charge in [0.1, 0.15) is 0 Å². The number of carbonyl (C=O) groups excluding carboxylic acids is 1. The highest BCUT2D eigenvalue weighted by molar-refractivity contribution is 7.94. The lowest BCUT2D eigenvalue weighted by Crippen LogP contribution is -2.42. The third kappa shape index (κ3) is 4.30. The summed E-state index contributed by atoms with van der Waals surface area (Å²) in [6.45, 7) is 1.97. The Morgan fingerprint density at radius 3 is 2.45 bits per heavy atom. The molecule has 1 unspecified atom stereocenters. The molecule has 6 nitrogen and oxygen atoms in total. The number of aryl methyl sites for hydroxylation is 1. The van der Waals surface area contributed by atoms with Crippen LogP contribution in [0.4, 0.5) is 5.69 Å². The summed E-state index contributed by atoms with van der Waals surface area (Å²) >= 11 is 0. The van der Waals surface area contributed by atoms with E-state index in [4.69, 9.17) is 0 Å². The fraction of sp³-hybridized carbons (Fsp3) is 0.182. The van der Waals surface area contributed by atoms with E-state index >= 15 is 0 Å². The van der Waals surface area contributed by atoms with Crippen molar-refractivity contribution < 1.29 is 13.2 Å². The molecule has 1 aliphatic heterocycles. The molecule has 0 fully saturated rings. The molecule has 0 saturated carbocycles. The summed E-state index contributed by atoms with van der Waals surface area (Å²) in [4.78, 5) is 14.8. The first kappa shape index (κ1) is 19.1. The Morgan fingerprint density at radius 2 is 1.86 bits per heavy atom. The molecule has 148 valence electrons. The number of nitrogens with zero attached hydrogens (tertiary/aromatic N) is 3. The fourth-order valence-corrected chi connectivity index (χ4v) is 4.66. The summed E-state index contributed by atoms with van der Waals surface area (Å²) in [6, 6.07) is 16.5. The number of amides is 1. The number of sulfone groups is 1. The number of rotatable bonds is 5. The van der Waals surface area contributed by atoms with Gasteiger partial charge in [-0.3, -0.25) is 4.79 Å². The summed E-state index contributed by atoms with van der Waals surface area (Å²) in [7, 11) is -3.28. The molecule has 4 rings (SSSR count). The highest BCUT2D eigenvalue weighted by Gasteiger charge is 2.31. The van der Waals surface area contributed by atoms with E-state index in [1.165, 1.54) is 5.41 Å². The normalized spacial score (nSPS) is 17.3. The maximum atomic E-state index is 13.2. The quantitative estimate of drug-likeness (QED) is 0.652. The molecule has 1 amide bonds. The number of hydrogen-bond acceptors (Lipinski definition) is 4. The van der Waals surface area contributed by atoms with Crippen LogP contribution in [0.5, 0.6) is 0 Å². The summed E-state index contributed by atoms with van der Waals surface area (Å²) < 4.78 is 25.6. The van der Waals surface area contributed by atoms with E-state index in [0.29, 0.717) is 5.69 Å². The molecule has 1 aliphatic rings. The number of hydrogen-bond donors (Lipinski definition) is 0. The van der Waals surface area contributed by atoms with Gasteiger partial charge in [-0.1, -0.05) is 29.8 Å². The Bertz CT molecular complexity index is 1130. The van der Waals surface area contributed by atoms with Crippen molar-refractivity contribution in [2.45, 2.75) is 19.4 Å². The average Bonchev–Trinajstić information content (AvgIpc) is 3.34. The third-order valence-corrected chi connectivity index (χ3v) is 6.26. The van der Waals surface area contributed by atoms with E-state index in [2.05, 4.69) is 5.10 Å².